The van der Waals surface area contributed by atoms with E-state index < -0.39 is 20.1 Å². The fourth-order valence-corrected chi connectivity index (χ4v) is 2.19. The van der Waals surface area contributed by atoms with Gasteiger partial charge in [0.25, 0.3) is 0 Å². The van der Waals surface area contributed by atoms with E-state index in [2.05, 4.69) is 31.1 Å². The zero-order chi connectivity index (χ0) is 14.0. The molecule has 1 unspecified atom stereocenters. The molecule has 0 amide bonds. The van der Waals surface area contributed by atoms with Crippen LogP contribution in [0.15, 0.2) is 0 Å². The first-order valence-corrected chi connectivity index (χ1v) is 10.2. The first-order chi connectivity index (χ1) is 8.33. The SMILES string of the molecule is C[Si](C)(C)C#CCCCCCCCC(O)C(=O)O. The molecule has 0 saturated heterocycles. The van der Waals surface area contributed by atoms with Crippen molar-refractivity contribution < 1.29 is 15.0 Å². The monoisotopic (exact) mass is 270 g/mol. The third kappa shape index (κ3) is 11.7. The van der Waals surface area contributed by atoms with Crippen LogP contribution in [0.1, 0.15) is 44.9 Å². The summed E-state index contributed by atoms with van der Waals surface area (Å²) in [6.45, 7) is 6.73. The Morgan fingerprint density at radius 1 is 1.11 bits per heavy atom. The summed E-state index contributed by atoms with van der Waals surface area (Å²) in [4.78, 5) is 10.4. The highest BCUT2D eigenvalue weighted by Gasteiger charge is 2.11. The van der Waals surface area contributed by atoms with E-state index in [0.717, 1.165) is 38.5 Å². The minimum Gasteiger partial charge on any atom is -0.479 e. The van der Waals surface area contributed by atoms with Gasteiger partial charge in [0.2, 0.25) is 0 Å². The van der Waals surface area contributed by atoms with Crippen molar-refractivity contribution in [3.05, 3.63) is 0 Å². The summed E-state index contributed by atoms with van der Waals surface area (Å²) < 4.78 is 0. The third-order valence-electron chi connectivity index (χ3n) is 2.53. The Labute approximate surface area is 112 Å². The second-order valence-electron chi connectivity index (χ2n) is 5.71. The van der Waals surface area contributed by atoms with Crippen LogP contribution in [0.4, 0.5) is 0 Å². The van der Waals surface area contributed by atoms with Gasteiger partial charge in [0, 0.05) is 6.42 Å². The molecule has 0 aromatic rings. The lowest BCUT2D eigenvalue weighted by Gasteiger charge is -2.04. The average Bonchev–Trinajstić information content (AvgIpc) is 2.24. The highest BCUT2D eigenvalue weighted by Crippen LogP contribution is 2.09. The average molecular weight is 270 g/mol. The second-order valence-corrected chi connectivity index (χ2v) is 10.5. The summed E-state index contributed by atoms with van der Waals surface area (Å²) in [6, 6.07) is 0. The molecule has 0 rings (SSSR count). The van der Waals surface area contributed by atoms with Crippen LogP contribution >= 0.6 is 0 Å². The Hall–Kier alpha value is -0.793. The number of aliphatic hydroxyl groups excluding tert-OH is 1. The number of hydrogen-bond donors (Lipinski definition) is 2. The van der Waals surface area contributed by atoms with E-state index in [4.69, 9.17) is 10.2 Å². The quantitative estimate of drug-likeness (QED) is 0.405. The fraction of sp³-hybridized carbons (Fsp3) is 0.786. The molecule has 0 saturated carbocycles. The molecule has 3 nitrogen and oxygen atoms in total. The molecule has 1 atom stereocenters. The van der Waals surface area contributed by atoms with Crippen LogP contribution in [0.25, 0.3) is 0 Å². The van der Waals surface area contributed by atoms with E-state index in [0.29, 0.717) is 6.42 Å². The molecule has 0 aromatic heterocycles. The maximum Gasteiger partial charge on any atom is 0.332 e. The summed E-state index contributed by atoms with van der Waals surface area (Å²) in [7, 11) is -1.21. The van der Waals surface area contributed by atoms with Crippen LogP contribution in [0.2, 0.25) is 19.6 Å². The van der Waals surface area contributed by atoms with E-state index in [9.17, 15) is 4.79 Å². The van der Waals surface area contributed by atoms with Crippen molar-refractivity contribution in [2.24, 2.45) is 0 Å². The van der Waals surface area contributed by atoms with Gasteiger partial charge in [0.05, 0.1) is 0 Å². The molecule has 0 aliphatic rings. The summed E-state index contributed by atoms with van der Waals surface area (Å²) in [6.07, 6.45) is 5.29. The normalized spacial score (nSPS) is 12.7. The molecule has 104 valence electrons. The van der Waals surface area contributed by atoms with Crippen LogP contribution in [0.5, 0.6) is 0 Å². The third-order valence-corrected chi connectivity index (χ3v) is 3.45. The highest BCUT2D eigenvalue weighted by atomic mass is 28.3. The van der Waals surface area contributed by atoms with Crippen LogP contribution < -0.4 is 0 Å². The van der Waals surface area contributed by atoms with Crippen LogP contribution in [-0.4, -0.2) is 30.4 Å². The molecule has 0 heterocycles. The minimum atomic E-state index is -1.21. The van der Waals surface area contributed by atoms with Gasteiger partial charge in [-0.3, -0.25) is 0 Å². The first kappa shape index (κ1) is 17.2. The maximum atomic E-state index is 10.4. The Balaban J connectivity index is 3.36. The van der Waals surface area contributed by atoms with Crippen molar-refractivity contribution in [3.63, 3.8) is 0 Å². The standard InChI is InChI=1S/C14H26O3Si/c1-18(2,3)12-10-8-6-4-5-7-9-11-13(15)14(16)17/h13,15H,4-9,11H2,1-3H3,(H,16,17). The van der Waals surface area contributed by atoms with Crippen LogP contribution in [0.3, 0.4) is 0 Å². The topological polar surface area (TPSA) is 57.5 Å². The van der Waals surface area contributed by atoms with Gasteiger partial charge in [-0.05, 0) is 12.8 Å². The first-order valence-electron chi connectivity index (χ1n) is 6.74. The predicted molar refractivity (Wildman–Crippen MR) is 77.1 cm³/mol. The smallest absolute Gasteiger partial charge is 0.332 e. The summed E-state index contributed by atoms with van der Waals surface area (Å²) in [5.41, 5.74) is 3.34. The maximum absolute atomic E-state index is 10.4. The number of aliphatic carboxylic acids is 1. The van der Waals surface area contributed by atoms with E-state index >= 15 is 0 Å². The van der Waals surface area contributed by atoms with Gasteiger partial charge in [-0.2, -0.15) is 0 Å². The summed E-state index contributed by atoms with van der Waals surface area (Å²) in [5, 5.41) is 17.5. The Bertz CT molecular complexity index is 296. The van der Waals surface area contributed by atoms with Gasteiger partial charge < -0.3 is 10.2 Å². The molecule has 0 bridgehead atoms. The molecule has 18 heavy (non-hydrogen) atoms. The van der Waals surface area contributed by atoms with Gasteiger partial charge in [-0.1, -0.05) is 45.3 Å². The molecule has 0 radical (unpaired) electrons. The lowest BCUT2D eigenvalue weighted by atomic mass is 10.1. The number of carbonyl (C=O) groups is 1. The predicted octanol–water partition coefficient (Wildman–Crippen LogP) is 3.04. The molecule has 0 aliphatic heterocycles. The zero-order valence-corrected chi connectivity index (χ0v) is 12.8. The van der Waals surface area contributed by atoms with Crippen molar-refractivity contribution in [2.45, 2.75) is 70.7 Å². The van der Waals surface area contributed by atoms with Gasteiger partial charge in [0.1, 0.15) is 8.07 Å². The largest absolute Gasteiger partial charge is 0.479 e. The van der Waals surface area contributed by atoms with Gasteiger partial charge in [-0.15, -0.1) is 11.5 Å². The van der Waals surface area contributed by atoms with E-state index in [1.54, 1.807) is 0 Å². The summed E-state index contributed by atoms with van der Waals surface area (Å²) in [5.74, 6) is 2.13. The fourth-order valence-electron chi connectivity index (χ4n) is 1.53. The number of aliphatic hydroxyl groups is 1. The number of hydrogen-bond acceptors (Lipinski definition) is 2. The second kappa shape index (κ2) is 9.18. The van der Waals surface area contributed by atoms with E-state index in [1.807, 2.05) is 0 Å². The molecule has 4 heteroatoms. The number of rotatable bonds is 8. The Morgan fingerprint density at radius 3 is 2.22 bits per heavy atom. The lowest BCUT2D eigenvalue weighted by Crippen LogP contribution is -2.18. The summed E-state index contributed by atoms with van der Waals surface area (Å²) >= 11 is 0. The number of carboxylic acids is 1. The molecule has 0 spiro atoms. The van der Waals surface area contributed by atoms with Gasteiger partial charge in [0.15, 0.2) is 6.10 Å². The molecule has 2 N–H and O–H groups in total. The molecule has 0 fully saturated rings. The van der Waals surface area contributed by atoms with Gasteiger partial charge in [-0.25, -0.2) is 4.79 Å². The Kier molecular flexibility index (Phi) is 8.77. The molecule has 0 aromatic carbocycles. The van der Waals surface area contributed by atoms with Crippen LogP contribution in [0, 0.1) is 11.5 Å². The van der Waals surface area contributed by atoms with Crippen molar-refractivity contribution in [2.75, 3.05) is 0 Å². The van der Waals surface area contributed by atoms with E-state index in [-0.39, 0.29) is 0 Å². The van der Waals surface area contributed by atoms with Crippen LogP contribution in [-0.2, 0) is 4.79 Å². The zero-order valence-electron chi connectivity index (χ0n) is 11.8. The van der Waals surface area contributed by atoms with E-state index in [1.165, 1.54) is 0 Å². The van der Waals surface area contributed by atoms with Crippen molar-refractivity contribution >= 4 is 14.0 Å². The highest BCUT2D eigenvalue weighted by molar-refractivity contribution is 6.83. The number of carboxylic acid groups (broad SMARTS) is 1. The lowest BCUT2D eigenvalue weighted by molar-refractivity contribution is -0.146. The van der Waals surface area contributed by atoms with Crippen molar-refractivity contribution in [1.29, 1.82) is 0 Å². The molecule has 0 aliphatic carbocycles. The number of unbranched alkanes of at least 4 members (excludes halogenated alkanes) is 5. The van der Waals surface area contributed by atoms with Crippen molar-refractivity contribution in [1.82, 2.24) is 0 Å². The Morgan fingerprint density at radius 2 is 1.67 bits per heavy atom. The molecular formula is C14H26O3Si. The van der Waals surface area contributed by atoms with Crippen molar-refractivity contribution in [3.8, 4) is 11.5 Å². The minimum absolute atomic E-state index is 0.366. The van der Waals surface area contributed by atoms with Gasteiger partial charge >= 0.3 is 5.97 Å². The molecular weight excluding hydrogens is 244 g/mol.